The number of hydrogen-bond acceptors (Lipinski definition) is 1. The van der Waals surface area contributed by atoms with Crippen LogP contribution in [0.3, 0.4) is 0 Å². The standard InChI is InChI=1S/C22H26O/c1-4-11-21(2)12-10-20-19-7-5-15-14-16(23)6-8-17(15)18(19)9-13-22(20,21)3/h9,13-14,19-20H,5-8,10,12H2,1-3H3/t19?,20-,21-,22-/m0/s1. The second kappa shape index (κ2) is 4.97. The van der Waals surface area contributed by atoms with Gasteiger partial charge in [-0.3, -0.25) is 4.79 Å². The average molecular weight is 306 g/mol. The second-order valence-electron chi connectivity index (χ2n) is 8.18. The predicted octanol–water partition coefficient (Wildman–Crippen LogP) is 5.00. The van der Waals surface area contributed by atoms with Crippen molar-refractivity contribution in [1.29, 1.82) is 0 Å². The van der Waals surface area contributed by atoms with Crippen molar-refractivity contribution in [2.75, 3.05) is 0 Å². The van der Waals surface area contributed by atoms with Gasteiger partial charge in [-0.25, -0.2) is 0 Å². The zero-order chi connectivity index (χ0) is 16.2. The van der Waals surface area contributed by atoms with Crippen LogP contribution in [-0.4, -0.2) is 5.78 Å². The highest BCUT2D eigenvalue weighted by Crippen LogP contribution is 2.64. The maximum absolute atomic E-state index is 11.7. The van der Waals surface area contributed by atoms with Crippen LogP contribution in [0.1, 0.15) is 59.3 Å². The Morgan fingerprint density at radius 1 is 1.17 bits per heavy atom. The first-order valence-corrected chi connectivity index (χ1v) is 9.08. The van der Waals surface area contributed by atoms with E-state index >= 15 is 0 Å². The van der Waals surface area contributed by atoms with Crippen LogP contribution in [0.15, 0.2) is 34.9 Å². The summed E-state index contributed by atoms with van der Waals surface area (Å²) in [6.07, 6.45) is 13.2. The van der Waals surface area contributed by atoms with Crippen molar-refractivity contribution in [2.45, 2.75) is 59.3 Å². The fourth-order valence-corrected chi connectivity index (χ4v) is 5.73. The van der Waals surface area contributed by atoms with E-state index in [1.807, 2.05) is 13.0 Å². The van der Waals surface area contributed by atoms with E-state index in [1.165, 1.54) is 30.4 Å². The molecule has 4 rings (SSSR count). The lowest BCUT2D eigenvalue weighted by atomic mass is 9.56. The van der Waals surface area contributed by atoms with Gasteiger partial charge in [0.25, 0.3) is 0 Å². The summed E-state index contributed by atoms with van der Waals surface area (Å²) in [6.45, 7) is 6.76. The Bertz CT molecular complexity index is 723. The molecule has 0 spiro atoms. The lowest BCUT2D eigenvalue weighted by Crippen LogP contribution is -2.41. The smallest absolute Gasteiger partial charge is 0.156 e. The molecular formula is C22H26O. The number of allylic oxidation sites excluding steroid dienone is 6. The van der Waals surface area contributed by atoms with Gasteiger partial charge in [0.15, 0.2) is 5.78 Å². The SMILES string of the molecule is CC#C[C@@]1(C)CC[C@H]2C3CCC4=CC(=O)CCC4=C3C=C[C@@]21C. The van der Waals surface area contributed by atoms with Crippen molar-refractivity contribution >= 4 is 5.78 Å². The zero-order valence-corrected chi connectivity index (χ0v) is 14.5. The summed E-state index contributed by atoms with van der Waals surface area (Å²) in [5.74, 6) is 8.43. The van der Waals surface area contributed by atoms with Gasteiger partial charge in [-0.05, 0) is 80.6 Å². The fourth-order valence-electron chi connectivity index (χ4n) is 5.73. The topological polar surface area (TPSA) is 17.1 Å². The molecule has 4 aliphatic rings. The third kappa shape index (κ3) is 1.97. The molecule has 1 nitrogen and oxygen atoms in total. The molecule has 1 unspecified atom stereocenters. The molecule has 0 amide bonds. The maximum Gasteiger partial charge on any atom is 0.156 e. The van der Waals surface area contributed by atoms with Gasteiger partial charge in [-0.2, -0.15) is 0 Å². The molecule has 0 saturated heterocycles. The molecule has 0 aromatic heterocycles. The number of carbonyl (C=O) groups is 1. The van der Waals surface area contributed by atoms with E-state index in [-0.39, 0.29) is 10.8 Å². The Kier molecular flexibility index (Phi) is 3.24. The summed E-state index contributed by atoms with van der Waals surface area (Å²) in [4.78, 5) is 11.7. The van der Waals surface area contributed by atoms with Gasteiger partial charge in [-0.15, -0.1) is 5.92 Å². The monoisotopic (exact) mass is 306 g/mol. The van der Waals surface area contributed by atoms with Gasteiger partial charge < -0.3 is 0 Å². The van der Waals surface area contributed by atoms with Gasteiger partial charge in [0.2, 0.25) is 0 Å². The first kappa shape index (κ1) is 15.0. The normalized spacial score (nSPS) is 41.5. The van der Waals surface area contributed by atoms with Crippen LogP contribution in [0.25, 0.3) is 0 Å². The summed E-state index contributed by atoms with van der Waals surface area (Å²) in [5, 5.41) is 0. The van der Waals surface area contributed by atoms with E-state index in [0.717, 1.165) is 12.8 Å². The number of hydrogen-bond donors (Lipinski definition) is 0. The molecule has 0 bridgehead atoms. The minimum absolute atomic E-state index is 0.109. The van der Waals surface area contributed by atoms with Crippen molar-refractivity contribution < 1.29 is 4.79 Å². The molecule has 0 N–H and O–H groups in total. The Balaban J connectivity index is 1.82. The van der Waals surface area contributed by atoms with Crippen LogP contribution < -0.4 is 0 Å². The molecule has 4 atom stereocenters. The Morgan fingerprint density at radius 2 is 2.00 bits per heavy atom. The number of ketones is 1. The first-order chi connectivity index (χ1) is 11.0. The second-order valence-corrected chi connectivity index (χ2v) is 8.18. The van der Waals surface area contributed by atoms with Crippen LogP contribution in [0, 0.1) is 34.5 Å². The van der Waals surface area contributed by atoms with E-state index in [9.17, 15) is 4.79 Å². The summed E-state index contributed by atoms with van der Waals surface area (Å²) in [6, 6.07) is 0. The van der Waals surface area contributed by atoms with Crippen LogP contribution in [-0.2, 0) is 4.79 Å². The largest absolute Gasteiger partial charge is 0.295 e. The molecule has 0 aliphatic heterocycles. The van der Waals surface area contributed by atoms with Crippen LogP contribution in [0.5, 0.6) is 0 Å². The fraction of sp³-hybridized carbons (Fsp3) is 0.591. The van der Waals surface area contributed by atoms with Crippen LogP contribution in [0.4, 0.5) is 0 Å². The zero-order valence-electron chi connectivity index (χ0n) is 14.5. The molecule has 0 heterocycles. The molecule has 1 heteroatoms. The average Bonchev–Trinajstić information content (AvgIpc) is 2.79. The third-order valence-corrected chi connectivity index (χ3v) is 7.23. The first-order valence-electron chi connectivity index (χ1n) is 9.08. The highest BCUT2D eigenvalue weighted by molar-refractivity contribution is 5.93. The predicted molar refractivity (Wildman–Crippen MR) is 93.6 cm³/mol. The molecular weight excluding hydrogens is 280 g/mol. The van der Waals surface area contributed by atoms with Gasteiger partial charge >= 0.3 is 0 Å². The maximum atomic E-state index is 11.7. The van der Waals surface area contributed by atoms with Crippen molar-refractivity contribution in [2.24, 2.45) is 22.7 Å². The third-order valence-electron chi connectivity index (χ3n) is 7.23. The number of rotatable bonds is 0. The van der Waals surface area contributed by atoms with Crippen molar-refractivity contribution in [3.05, 3.63) is 34.9 Å². The lowest BCUT2D eigenvalue weighted by molar-refractivity contribution is -0.114. The molecule has 4 aliphatic carbocycles. The summed E-state index contributed by atoms with van der Waals surface area (Å²) < 4.78 is 0. The van der Waals surface area contributed by atoms with Crippen molar-refractivity contribution in [1.82, 2.24) is 0 Å². The lowest BCUT2D eigenvalue weighted by Gasteiger charge is -2.48. The summed E-state index contributed by atoms with van der Waals surface area (Å²) in [7, 11) is 0. The summed E-state index contributed by atoms with van der Waals surface area (Å²) in [5.41, 5.74) is 4.67. The Hall–Kier alpha value is -1.55. The molecule has 1 saturated carbocycles. The van der Waals surface area contributed by atoms with Gasteiger partial charge in [0.05, 0.1) is 0 Å². The van der Waals surface area contributed by atoms with Gasteiger partial charge in [-0.1, -0.05) is 25.0 Å². The Morgan fingerprint density at radius 3 is 2.78 bits per heavy atom. The highest BCUT2D eigenvalue weighted by atomic mass is 16.1. The molecule has 0 aromatic rings. The van der Waals surface area contributed by atoms with Gasteiger partial charge in [0.1, 0.15) is 0 Å². The van der Waals surface area contributed by atoms with E-state index in [0.29, 0.717) is 24.0 Å². The van der Waals surface area contributed by atoms with Gasteiger partial charge in [0, 0.05) is 17.3 Å². The highest BCUT2D eigenvalue weighted by Gasteiger charge is 2.56. The molecule has 1 fully saturated rings. The van der Waals surface area contributed by atoms with E-state index < -0.39 is 0 Å². The number of carbonyl (C=O) groups excluding carboxylic acids is 1. The minimum atomic E-state index is 0.109. The van der Waals surface area contributed by atoms with Crippen LogP contribution >= 0.6 is 0 Å². The quantitative estimate of drug-likeness (QED) is 0.576. The van der Waals surface area contributed by atoms with E-state index in [4.69, 9.17) is 0 Å². The molecule has 0 aromatic carbocycles. The van der Waals surface area contributed by atoms with Crippen molar-refractivity contribution in [3.8, 4) is 11.8 Å². The van der Waals surface area contributed by atoms with E-state index in [1.54, 1.807) is 5.57 Å². The summed E-state index contributed by atoms with van der Waals surface area (Å²) >= 11 is 0. The van der Waals surface area contributed by atoms with Crippen LogP contribution in [0.2, 0.25) is 0 Å². The molecule has 0 radical (unpaired) electrons. The minimum Gasteiger partial charge on any atom is -0.295 e. The molecule has 23 heavy (non-hydrogen) atoms. The Labute approximate surface area is 139 Å². The van der Waals surface area contributed by atoms with E-state index in [2.05, 4.69) is 37.8 Å². The molecule has 120 valence electrons. The van der Waals surface area contributed by atoms with Crippen molar-refractivity contribution in [3.63, 3.8) is 0 Å². The number of fused-ring (bicyclic) bond motifs is 4.